The summed E-state index contributed by atoms with van der Waals surface area (Å²) in [5.74, 6) is -0.465. The molecule has 1 N–H and O–H groups in total. The quantitative estimate of drug-likeness (QED) is 0.345. The average Bonchev–Trinajstić information content (AvgIpc) is 2.53. The van der Waals surface area contributed by atoms with Crippen LogP contribution in [0, 0.1) is 0 Å². The normalized spacial score (nSPS) is 12.4. The van der Waals surface area contributed by atoms with Gasteiger partial charge in [-0.3, -0.25) is 4.79 Å². The summed E-state index contributed by atoms with van der Waals surface area (Å²) >= 11 is 3.20. The van der Waals surface area contributed by atoms with Gasteiger partial charge in [-0.05, 0) is 42.5 Å². The number of rotatable bonds is 4. The van der Waals surface area contributed by atoms with E-state index in [4.69, 9.17) is 0 Å². The average molecular weight is 438 g/mol. The number of alkyl halides is 6. The van der Waals surface area contributed by atoms with Crippen LogP contribution >= 0.6 is 15.9 Å². The zero-order valence-corrected chi connectivity index (χ0v) is 14.3. The number of hydrogen-bond acceptors (Lipinski definition) is 2. The van der Waals surface area contributed by atoms with Crippen LogP contribution in [0.2, 0.25) is 0 Å². The molecule has 0 bridgehead atoms. The fraction of sp³-hybridized carbons (Fsp3) is 0.118. The molecule has 26 heavy (non-hydrogen) atoms. The first-order chi connectivity index (χ1) is 12.0. The standard InChI is InChI=1S/C17H10BrF6NO/c18-13-3-1-10(2-4-13)15(26)5-6-25-14-8-11(16(19,20)21)7-12(9-14)17(22,23)24/h1-9,25H/b6-5-. The van der Waals surface area contributed by atoms with Crippen molar-refractivity contribution in [1.29, 1.82) is 0 Å². The SMILES string of the molecule is O=C(/C=C\Nc1cc(C(F)(F)F)cc(C(F)(F)F)c1)c1ccc(Br)cc1. The maximum Gasteiger partial charge on any atom is 0.416 e. The van der Waals surface area contributed by atoms with Gasteiger partial charge in [0.2, 0.25) is 0 Å². The van der Waals surface area contributed by atoms with Crippen molar-refractivity contribution in [2.45, 2.75) is 12.4 Å². The fourth-order valence-electron chi connectivity index (χ4n) is 1.96. The highest BCUT2D eigenvalue weighted by Gasteiger charge is 2.36. The third-order valence-corrected chi connectivity index (χ3v) is 3.73. The van der Waals surface area contributed by atoms with Crippen molar-refractivity contribution in [3.63, 3.8) is 0 Å². The molecule has 0 saturated heterocycles. The van der Waals surface area contributed by atoms with Crippen molar-refractivity contribution in [2.75, 3.05) is 5.32 Å². The van der Waals surface area contributed by atoms with Crippen LogP contribution in [-0.4, -0.2) is 5.78 Å². The van der Waals surface area contributed by atoms with Crippen molar-refractivity contribution < 1.29 is 31.1 Å². The van der Waals surface area contributed by atoms with Crippen LogP contribution in [0.1, 0.15) is 21.5 Å². The second kappa shape index (κ2) is 7.53. The lowest BCUT2D eigenvalue weighted by Crippen LogP contribution is -2.11. The van der Waals surface area contributed by atoms with E-state index in [0.717, 1.165) is 16.7 Å². The summed E-state index contributed by atoms with van der Waals surface area (Å²) < 4.78 is 77.4. The predicted molar refractivity (Wildman–Crippen MR) is 87.7 cm³/mol. The summed E-state index contributed by atoms with van der Waals surface area (Å²) in [5.41, 5.74) is -3.01. The van der Waals surface area contributed by atoms with Crippen LogP contribution in [0.5, 0.6) is 0 Å². The summed E-state index contributed by atoms with van der Waals surface area (Å²) in [6.45, 7) is 0. The van der Waals surface area contributed by atoms with Gasteiger partial charge >= 0.3 is 12.4 Å². The molecule has 9 heteroatoms. The van der Waals surface area contributed by atoms with Gasteiger partial charge in [0.15, 0.2) is 5.78 Å². The first-order valence-corrected chi connectivity index (χ1v) is 7.78. The largest absolute Gasteiger partial charge is 0.416 e. The lowest BCUT2D eigenvalue weighted by Gasteiger charge is -2.14. The predicted octanol–water partition coefficient (Wildman–Crippen LogP) is 6.30. The molecule has 2 aromatic carbocycles. The maximum atomic E-state index is 12.8. The second-order valence-corrected chi connectivity index (χ2v) is 6.06. The minimum atomic E-state index is -4.94. The lowest BCUT2D eigenvalue weighted by molar-refractivity contribution is -0.143. The maximum absolute atomic E-state index is 12.8. The summed E-state index contributed by atoms with van der Waals surface area (Å²) in [7, 11) is 0. The summed E-state index contributed by atoms with van der Waals surface area (Å²) in [4.78, 5) is 11.9. The third kappa shape index (κ3) is 5.35. The molecule has 138 valence electrons. The Morgan fingerprint density at radius 1 is 0.885 bits per heavy atom. The van der Waals surface area contributed by atoms with Crippen molar-refractivity contribution in [3.8, 4) is 0 Å². The Morgan fingerprint density at radius 3 is 1.85 bits per heavy atom. The molecule has 0 spiro atoms. The third-order valence-electron chi connectivity index (χ3n) is 3.20. The van der Waals surface area contributed by atoms with E-state index in [1.54, 1.807) is 12.1 Å². The smallest absolute Gasteiger partial charge is 0.362 e. The molecule has 0 saturated carbocycles. The Bertz CT molecular complexity index is 792. The van der Waals surface area contributed by atoms with Crippen LogP contribution in [0.15, 0.2) is 59.2 Å². The van der Waals surface area contributed by atoms with Gasteiger partial charge in [0.05, 0.1) is 11.1 Å². The van der Waals surface area contributed by atoms with E-state index in [-0.39, 0.29) is 6.07 Å². The van der Waals surface area contributed by atoms with E-state index in [1.165, 1.54) is 12.1 Å². The van der Waals surface area contributed by atoms with Crippen LogP contribution in [0.4, 0.5) is 32.0 Å². The number of carbonyl (C=O) groups is 1. The van der Waals surface area contributed by atoms with Gasteiger partial charge in [0, 0.05) is 28.0 Å². The molecule has 0 fully saturated rings. The van der Waals surface area contributed by atoms with Crippen LogP contribution < -0.4 is 5.32 Å². The Kier molecular flexibility index (Phi) is 5.80. The molecule has 0 amide bonds. The van der Waals surface area contributed by atoms with Gasteiger partial charge in [-0.2, -0.15) is 26.3 Å². The summed E-state index contributed by atoms with van der Waals surface area (Å²) in [5, 5.41) is 2.27. The van der Waals surface area contributed by atoms with Crippen molar-refractivity contribution in [2.24, 2.45) is 0 Å². The number of allylic oxidation sites excluding steroid dienone is 1. The minimum Gasteiger partial charge on any atom is -0.362 e. The second-order valence-electron chi connectivity index (χ2n) is 5.14. The first kappa shape index (κ1) is 20.0. The molecule has 0 aliphatic heterocycles. The molecule has 0 unspecified atom stereocenters. The summed E-state index contributed by atoms with van der Waals surface area (Å²) in [6.07, 6.45) is -7.87. The molecule has 0 atom stereocenters. The molecule has 0 aromatic heterocycles. The van der Waals surface area contributed by atoms with Gasteiger partial charge in [-0.1, -0.05) is 15.9 Å². The molecule has 2 rings (SSSR count). The molecule has 0 aliphatic rings. The highest BCUT2D eigenvalue weighted by atomic mass is 79.9. The van der Waals surface area contributed by atoms with Crippen LogP contribution in [0.3, 0.4) is 0 Å². The number of benzene rings is 2. The van der Waals surface area contributed by atoms with Gasteiger partial charge in [0.1, 0.15) is 0 Å². The molecule has 0 heterocycles. The molecular weight excluding hydrogens is 428 g/mol. The zero-order valence-electron chi connectivity index (χ0n) is 12.8. The van der Waals surface area contributed by atoms with E-state index < -0.39 is 35.0 Å². The van der Waals surface area contributed by atoms with E-state index in [2.05, 4.69) is 21.2 Å². The molecule has 0 radical (unpaired) electrons. The Hall–Kier alpha value is -2.29. The van der Waals surface area contributed by atoms with Gasteiger partial charge < -0.3 is 5.32 Å². The molecule has 0 aliphatic carbocycles. The molecule has 2 aromatic rings. The Morgan fingerprint density at radius 2 is 1.38 bits per heavy atom. The van der Waals surface area contributed by atoms with Crippen molar-refractivity contribution >= 4 is 27.4 Å². The molecule has 2 nitrogen and oxygen atoms in total. The zero-order chi connectivity index (χ0) is 19.5. The highest BCUT2D eigenvalue weighted by molar-refractivity contribution is 9.10. The van der Waals surface area contributed by atoms with E-state index >= 15 is 0 Å². The number of ketones is 1. The first-order valence-electron chi connectivity index (χ1n) is 6.99. The van der Waals surface area contributed by atoms with Crippen molar-refractivity contribution in [1.82, 2.24) is 0 Å². The monoisotopic (exact) mass is 437 g/mol. The van der Waals surface area contributed by atoms with Crippen LogP contribution in [0.25, 0.3) is 0 Å². The van der Waals surface area contributed by atoms with Gasteiger partial charge in [-0.25, -0.2) is 0 Å². The van der Waals surface area contributed by atoms with Gasteiger partial charge in [0.25, 0.3) is 0 Å². The van der Waals surface area contributed by atoms with E-state index in [9.17, 15) is 31.1 Å². The van der Waals surface area contributed by atoms with Gasteiger partial charge in [-0.15, -0.1) is 0 Å². The Balaban J connectivity index is 2.23. The number of nitrogens with one attached hydrogen (secondary N) is 1. The summed E-state index contributed by atoms with van der Waals surface area (Å²) in [6, 6.07) is 7.37. The highest BCUT2D eigenvalue weighted by Crippen LogP contribution is 2.37. The number of anilines is 1. The fourth-order valence-corrected chi connectivity index (χ4v) is 2.23. The number of halogens is 7. The lowest BCUT2D eigenvalue weighted by atomic mass is 10.1. The topological polar surface area (TPSA) is 29.1 Å². The van der Waals surface area contributed by atoms with E-state index in [0.29, 0.717) is 17.7 Å². The number of hydrogen-bond donors (Lipinski definition) is 1. The van der Waals surface area contributed by atoms with E-state index in [1.807, 2.05) is 0 Å². The Labute approximate surface area is 152 Å². The van der Waals surface area contributed by atoms with Crippen molar-refractivity contribution in [3.05, 3.63) is 75.9 Å². The van der Waals surface area contributed by atoms with Crippen LogP contribution in [-0.2, 0) is 12.4 Å². The molecular formula is C17H10BrF6NO. The minimum absolute atomic E-state index is 0.0296. The number of carbonyl (C=O) groups excluding carboxylic acids is 1.